The predicted octanol–water partition coefficient (Wildman–Crippen LogP) is -5.69. The SMILES string of the molecule is CO[C@@]1(NC(=O)C[S+](C)[O-])C(=O)N2C(C(=O)[O-])=C(COC(C)=O)CS[C@@H]21.[K+]. The van der Waals surface area contributed by atoms with Gasteiger partial charge >= 0.3 is 57.4 Å². The summed E-state index contributed by atoms with van der Waals surface area (Å²) in [5.74, 6) is -3.85. The molecule has 2 rings (SSSR count). The molecule has 1 N–H and O–H groups in total. The van der Waals surface area contributed by atoms with Crippen molar-refractivity contribution in [2.24, 2.45) is 0 Å². The number of aliphatic carboxylic acids is 1. The van der Waals surface area contributed by atoms with Crippen molar-refractivity contribution in [3.63, 3.8) is 0 Å². The van der Waals surface area contributed by atoms with Crippen molar-refractivity contribution in [2.45, 2.75) is 18.0 Å². The molecule has 0 aromatic rings. The molecule has 0 aromatic heterocycles. The maximum Gasteiger partial charge on any atom is 1.00 e. The van der Waals surface area contributed by atoms with Gasteiger partial charge in [-0.15, -0.1) is 11.8 Å². The van der Waals surface area contributed by atoms with E-state index in [-0.39, 0.29) is 75.1 Å². The minimum Gasteiger partial charge on any atom is -0.616 e. The fraction of sp³-hybridized carbons (Fsp3) is 0.571. The van der Waals surface area contributed by atoms with E-state index < -0.39 is 51.7 Å². The smallest absolute Gasteiger partial charge is 0.616 e. The number of carboxylic acids is 1. The number of hydrogen-bond donors (Lipinski definition) is 1. The summed E-state index contributed by atoms with van der Waals surface area (Å²) in [5, 5.41) is 13.1. The predicted molar refractivity (Wildman–Crippen MR) is 88.6 cm³/mol. The molecule has 144 valence electrons. The van der Waals surface area contributed by atoms with Gasteiger partial charge in [-0.25, -0.2) is 0 Å². The van der Waals surface area contributed by atoms with Crippen LogP contribution in [0, 0.1) is 0 Å². The largest absolute Gasteiger partial charge is 1.00 e. The third-order valence-corrected chi connectivity index (χ3v) is 5.78. The normalized spacial score (nSPS) is 25.0. The number of rotatable bonds is 7. The Morgan fingerprint density at radius 2 is 2.07 bits per heavy atom. The van der Waals surface area contributed by atoms with Crippen molar-refractivity contribution in [3.05, 3.63) is 11.3 Å². The van der Waals surface area contributed by atoms with Crippen LogP contribution in [0.15, 0.2) is 11.3 Å². The first-order valence-electron chi connectivity index (χ1n) is 7.32. The molecule has 27 heavy (non-hydrogen) atoms. The number of carbonyl (C=O) groups is 4. The van der Waals surface area contributed by atoms with Crippen LogP contribution in [0.2, 0.25) is 0 Å². The van der Waals surface area contributed by atoms with E-state index in [9.17, 15) is 28.8 Å². The van der Waals surface area contributed by atoms with Gasteiger partial charge in [0.05, 0.1) is 17.9 Å². The summed E-state index contributed by atoms with van der Waals surface area (Å²) in [6.07, 6.45) is 1.33. The Hall–Kier alpha value is -0.124. The quantitative estimate of drug-likeness (QED) is 0.133. The van der Waals surface area contributed by atoms with Crippen molar-refractivity contribution in [1.82, 2.24) is 10.2 Å². The summed E-state index contributed by atoms with van der Waals surface area (Å²) in [5.41, 5.74) is -1.95. The van der Waals surface area contributed by atoms with E-state index in [2.05, 4.69) is 5.32 Å². The van der Waals surface area contributed by atoms with Crippen molar-refractivity contribution >= 4 is 46.7 Å². The van der Waals surface area contributed by atoms with Gasteiger partial charge < -0.3 is 29.2 Å². The molecular weight excluding hydrogens is 427 g/mol. The van der Waals surface area contributed by atoms with Crippen LogP contribution in [0.3, 0.4) is 0 Å². The number of nitrogens with one attached hydrogen (secondary N) is 1. The molecule has 1 fully saturated rings. The number of nitrogens with zero attached hydrogens (tertiary/aromatic N) is 1. The summed E-state index contributed by atoms with van der Waals surface area (Å²) in [4.78, 5) is 48.0. The molecule has 3 atom stereocenters. The second kappa shape index (κ2) is 10.1. The Bertz CT molecular complexity index is 686. The molecule has 0 saturated carbocycles. The zero-order chi connectivity index (χ0) is 19.6. The molecule has 0 aliphatic carbocycles. The van der Waals surface area contributed by atoms with E-state index in [1.807, 2.05) is 0 Å². The van der Waals surface area contributed by atoms with E-state index >= 15 is 0 Å². The first-order valence-corrected chi connectivity index (χ1v) is 10.1. The van der Waals surface area contributed by atoms with E-state index in [0.717, 1.165) is 16.7 Å². The second-order valence-corrected chi connectivity index (χ2v) is 8.07. The number of thioether (sulfide) groups is 1. The van der Waals surface area contributed by atoms with Gasteiger partial charge in [0.15, 0.2) is 5.75 Å². The maximum absolute atomic E-state index is 12.6. The van der Waals surface area contributed by atoms with Crippen LogP contribution in [0.25, 0.3) is 0 Å². The molecular formula is C14H17KN2O8S2. The molecule has 0 bridgehead atoms. The van der Waals surface area contributed by atoms with Gasteiger partial charge in [0.2, 0.25) is 0 Å². The van der Waals surface area contributed by atoms with Crippen LogP contribution in [0.1, 0.15) is 6.92 Å². The fourth-order valence-corrected chi connectivity index (χ4v) is 4.52. The van der Waals surface area contributed by atoms with E-state index in [4.69, 9.17) is 9.47 Å². The summed E-state index contributed by atoms with van der Waals surface area (Å²) >= 11 is -0.280. The van der Waals surface area contributed by atoms with Crippen molar-refractivity contribution in [1.29, 1.82) is 0 Å². The van der Waals surface area contributed by atoms with Gasteiger partial charge in [0.25, 0.3) is 17.5 Å². The standard InChI is InChI=1S/C14H18N2O8S2.K/c1-7(17)24-4-8-5-25-13-14(23-2,15-9(18)6-26(3)22)12(21)16(13)10(8)11(19)20;/h13H,4-6H2,1-3H3,(H,15,18)(H,19,20);/q;+1/p-1/t13-,14+,26?;/m1./s1. The van der Waals surface area contributed by atoms with Crippen LogP contribution in [-0.2, 0) is 39.8 Å². The topological polar surface area (TPSA) is 148 Å². The average Bonchev–Trinajstić information content (AvgIpc) is 2.55. The zero-order valence-corrected chi connectivity index (χ0v) is 20.0. The number of carbonyl (C=O) groups excluding carboxylic acids is 4. The average molecular weight is 445 g/mol. The number of amides is 2. The van der Waals surface area contributed by atoms with Crippen LogP contribution >= 0.6 is 11.8 Å². The number of ether oxygens (including phenoxy) is 2. The Morgan fingerprint density at radius 3 is 2.56 bits per heavy atom. The molecule has 0 aromatic carbocycles. The minimum absolute atomic E-state index is 0. The van der Waals surface area contributed by atoms with Crippen molar-refractivity contribution < 1.29 is 89.7 Å². The van der Waals surface area contributed by atoms with Crippen LogP contribution in [0.5, 0.6) is 0 Å². The number of methoxy groups -OCH3 is 1. The van der Waals surface area contributed by atoms with Crippen molar-refractivity contribution in [2.75, 3.05) is 31.5 Å². The molecule has 2 heterocycles. The van der Waals surface area contributed by atoms with E-state index in [1.54, 1.807) is 0 Å². The van der Waals surface area contributed by atoms with Gasteiger partial charge in [0, 0.05) is 25.4 Å². The number of carboxylic acid groups (broad SMARTS) is 1. The molecule has 2 aliphatic rings. The summed E-state index contributed by atoms with van der Waals surface area (Å²) < 4.78 is 21.2. The Kier molecular flexibility index (Phi) is 9.29. The number of fused-ring (bicyclic) bond motifs is 1. The molecule has 13 heteroatoms. The molecule has 1 unspecified atom stereocenters. The van der Waals surface area contributed by atoms with Gasteiger partial charge in [-0.05, 0) is 11.2 Å². The number of esters is 1. The van der Waals surface area contributed by atoms with E-state index in [0.29, 0.717) is 0 Å². The molecule has 2 amide bonds. The molecule has 2 aliphatic heterocycles. The van der Waals surface area contributed by atoms with Gasteiger partial charge in [-0.1, -0.05) is 0 Å². The molecule has 1 saturated heterocycles. The second-order valence-electron chi connectivity index (χ2n) is 5.56. The first kappa shape index (κ1) is 24.9. The molecule has 0 radical (unpaired) electrons. The summed E-state index contributed by atoms with van der Waals surface area (Å²) in [6, 6.07) is 0. The van der Waals surface area contributed by atoms with Gasteiger partial charge in [-0.2, -0.15) is 0 Å². The Labute approximate surface area is 205 Å². The van der Waals surface area contributed by atoms with Crippen molar-refractivity contribution in [3.8, 4) is 0 Å². The van der Waals surface area contributed by atoms with Crippen LogP contribution in [0.4, 0.5) is 0 Å². The Morgan fingerprint density at radius 1 is 1.44 bits per heavy atom. The third kappa shape index (κ3) is 5.08. The van der Waals surface area contributed by atoms with Crippen LogP contribution in [-0.4, -0.2) is 75.8 Å². The monoisotopic (exact) mass is 444 g/mol. The minimum atomic E-state index is -1.76. The number of β-lactam (4-membered cyclic amide) rings is 1. The Balaban J connectivity index is 0.00000364. The number of hydrogen-bond acceptors (Lipinski definition) is 9. The zero-order valence-electron chi connectivity index (χ0n) is 15.2. The summed E-state index contributed by atoms with van der Waals surface area (Å²) in [6.45, 7) is 0.888. The third-order valence-electron chi connectivity index (χ3n) is 3.73. The van der Waals surface area contributed by atoms with Crippen LogP contribution < -0.4 is 61.8 Å². The molecule has 10 nitrogen and oxygen atoms in total. The maximum atomic E-state index is 12.6. The first-order chi connectivity index (χ1) is 12.1. The molecule has 0 spiro atoms. The summed E-state index contributed by atoms with van der Waals surface area (Å²) in [7, 11) is 1.20. The van der Waals surface area contributed by atoms with Gasteiger partial charge in [-0.3, -0.25) is 19.3 Å². The van der Waals surface area contributed by atoms with E-state index in [1.165, 1.54) is 20.3 Å². The van der Waals surface area contributed by atoms with Gasteiger partial charge in [0.1, 0.15) is 12.0 Å². The fourth-order valence-electron chi connectivity index (χ4n) is 2.66.